The van der Waals surface area contributed by atoms with Crippen molar-refractivity contribution in [2.24, 2.45) is 0 Å². The number of benzene rings is 2. The maximum Gasteiger partial charge on any atom is 0.225 e. The third kappa shape index (κ3) is 7.41. The van der Waals surface area contributed by atoms with Crippen LogP contribution < -0.4 is 14.8 Å². The molecule has 1 amide bonds. The van der Waals surface area contributed by atoms with Crippen molar-refractivity contribution in [1.82, 2.24) is 4.90 Å². The zero-order chi connectivity index (χ0) is 23.5. The van der Waals surface area contributed by atoms with Crippen molar-refractivity contribution in [3.05, 3.63) is 52.6 Å². The lowest BCUT2D eigenvalue weighted by Gasteiger charge is -2.20. The monoisotopic (exact) mass is 438 g/mol. The molecule has 0 aliphatic heterocycles. The second-order valence-electron chi connectivity index (χ2n) is 8.10. The number of ether oxygens (including phenoxy) is 2. The van der Waals surface area contributed by atoms with Gasteiger partial charge in [-0.3, -0.25) is 4.79 Å². The topological polar surface area (TPSA) is 50.8 Å². The quantitative estimate of drug-likeness (QED) is 0.417. The van der Waals surface area contributed by atoms with Crippen LogP contribution in [0, 0.1) is 13.8 Å². The van der Waals surface area contributed by atoms with E-state index < -0.39 is 0 Å². The third-order valence-corrected chi connectivity index (χ3v) is 5.56. The summed E-state index contributed by atoms with van der Waals surface area (Å²) in [5.74, 6) is 1.54. The lowest BCUT2D eigenvalue weighted by molar-refractivity contribution is -0.116. The van der Waals surface area contributed by atoms with Crippen LogP contribution in [0.1, 0.15) is 55.4 Å². The van der Waals surface area contributed by atoms with E-state index in [-0.39, 0.29) is 5.91 Å². The Labute approximate surface area is 193 Å². The first-order valence-corrected chi connectivity index (χ1v) is 11.4. The lowest BCUT2D eigenvalue weighted by atomic mass is 10.0. The molecule has 0 heterocycles. The molecule has 32 heavy (non-hydrogen) atoms. The lowest BCUT2D eigenvalue weighted by Crippen LogP contribution is -2.29. The molecule has 0 fully saturated rings. The van der Waals surface area contributed by atoms with Crippen molar-refractivity contribution in [2.45, 2.75) is 47.0 Å². The van der Waals surface area contributed by atoms with Crippen molar-refractivity contribution in [3.63, 3.8) is 0 Å². The summed E-state index contributed by atoms with van der Waals surface area (Å²) in [6.07, 6.45) is 6.73. The number of nitrogens with zero attached hydrogens (tertiary/aromatic N) is 1. The number of methoxy groups -OCH3 is 2. The number of rotatable bonds is 12. The minimum absolute atomic E-state index is 0.000492. The average molecular weight is 439 g/mol. The number of amides is 1. The van der Waals surface area contributed by atoms with Crippen LogP contribution in [0.3, 0.4) is 0 Å². The highest BCUT2D eigenvalue weighted by Gasteiger charge is 2.11. The molecule has 0 saturated carbocycles. The van der Waals surface area contributed by atoms with E-state index in [0.29, 0.717) is 17.9 Å². The predicted octanol–water partition coefficient (Wildman–Crippen LogP) is 5.94. The Morgan fingerprint density at radius 3 is 2.19 bits per heavy atom. The van der Waals surface area contributed by atoms with Crippen LogP contribution in [0.4, 0.5) is 5.69 Å². The van der Waals surface area contributed by atoms with Crippen molar-refractivity contribution >= 4 is 23.7 Å². The summed E-state index contributed by atoms with van der Waals surface area (Å²) in [5, 5.41) is 3.03. The van der Waals surface area contributed by atoms with Gasteiger partial charge < -0.3 is 19.7 Å². The van der Waals surface area contributed by atoms with Crippen LogP contribution >= 0.6 is 0 Å². The summed E-state index contributed by atoms with van der Waals surface area (Å²) < 4.78 is 10.9. The minimum atomic E-state index is 0.000492. The third-order valence-electron chi connectivity index (χ3n) is 5.56. The average Bonchev–Trinajstić information content (AvgIpc) is 2.78. The molecule has 2 rings (SSSR count). The summed E-state index contributed by atoms with van der Waals surface area (Å²) in [6.45, 7) is 11.3. The molecule has 0 aliphatic rings. The number of carbonyl (C=O) groups is 1. The number of anilines is 1. The minimum Gasteiger partial charge on any atom is -0.496 e. The van der Waals surface area contributed by atoms with Crippen molar-refractivity contribution in [2.75, 3.05) is 39.2 Å². The van der Waals surface area contributed by atoms with Gasteiger partial charge in [0.25, 0.3) is 0 Å². The first kappa shape index (κ1) is 25.5. The van der Waals surface area contributed by atoms with Gasteiger partial charge in [-0.25, -0.2) is 0 Å². The van der Waals surface area contributed by atoms with Gasteiger partial charge in [0.05, 0.1) is 19.9 Å². The molecule has 0 aromatic heterocycles. The van der Waals surface area contributed by atoms with Crippen molar-refractivity contribution in [3.8, 4) is 11.5 Å². The molecule has 0 radical (unpaired) electrons. The predicted molar refractivity (Wildman–Crippen MR) is 135 cm³/mol. The van der Waals surface area contributed by atoms with E-state index in [1.807, 2.05) is 30.3 Å². The van der Waals surface area contributed by atoms with E-state index >= 15 is 0 Å². The Kier molecular flexibility index (Phi) is 10.3. The second-order valence-corrected chi connectivity index (χ2v) is 8.10. The Balaban J connectivity index is 2.12. The molecule has 0 unspecified atom stereocenters. The molecule has 0 spiro atoms. The van der Waals surface area contributed by atoms with E-state index in [9.17, 15) is 4.79 Å². The smallest absolute Gasteiger partial charge is 0.225 e. The molecule has 0 atom stereocenters. The molecule has 174 valence electrons. The van der Waals surface area contributed by atoms with Crippen molar-refractivity contribution in [1.29, 1.82) is 0 Å². The molecule has 5 nitrogen and oxygen atoms in total. The largest absolute Gasteiger partial charge is 0.496 e. The van der Waals surface area contributed by atoms with Gasteiger partial charge in [-0.2, -0.15) is 0 Å². The Morgan fingerprint density at radius 2 is 1.56 bits per heavy atom. The molecule has 0 bridgehead atoms. The number of hydrogen-bond donors (Lipinski definition) is 1. The van der Waals surface area contributed by atoms with Gasteiger partial charge in [-0.1, -0.05) is 38.1 Å². The normalized spacial score (nSPS) is 11.2. The number of nitrogens with one attached hydrogen (secondary N) is 1. The van der Waals surface area contributed by atoms with Gasteiger partial charge in [0.1, 0.15) is 11.5 Å². The number of carbonyl (C=O) groups excluding carboxylic acids is 1. The van der Waals surface area contributed by atoms with Crippen molar-refractivity contribution < 1.29 is 14.3 Å². The summed E-state index contributed by atoms with van der Waals surface area (Å²) in [6, 6.07) is 9.98. The van der Waals surface area contributed by atoms with Gasteiger partial charge in [0, 0.05) is 13.0 Å². The Bertz CT molecular complexity index is 915. The molecule has 0 aliphatic carbocycles. The molecular weight excluding hydrogens is 400 g/mol. The highest BCUT2D eigenvalue weighted by atomic mass is 16.5. The molecule has 2 aromatic carbocycles. The van der Waals surface area contributed by atoms with E-state index in [4.69, 9.17) is 9.47 Å². The van der Waals surface area contributed by atoms with E-state index in [1.54, 1.807) is 14.2 Å². The summed E-state index contributed by atoms with van der Waals surface area (Å²) in [7, 11) is 3.31. The first-order chi connectivity index (χ1) is 15.4. The fraction of sp³-hybridized carbons (Fsp3) is 0.444. The first-order valence-electron chi connectivity index (χ1n) is 11.4. The summed E-state index contributed by atoms with van der Waals surface area (Å²) >= 11 is 0. The second kappa shape index (κ2) is 12.9. The number of aryl methyl sites for hydroxylation is 1. The van der Waals surface area contributed by atoms with Crippen LogP contribution in [-0.4, -0.2) is 44.7 Å². The van der Waals surface area contributed by atoms with Gasteiger partial charge in [0.2, 0.25) is 5.91 Å². The maximum absolute atomic E-state index is 12.6. The Hall–Kier alpha value is -2.79. The Morgan fingerprint density at radius 1 is 0.906 bits per heavy atom. The highest BCUT2D eigenvalue weighted by Crippen LogP contribution is 2.28. The van der Waals surface area contributed by atoms with Gasteiger partial charge in [-0.15, -0.1) is 0 Å². The van der Waals surface area contributed by atoms with Crippen LogP contribution in [0.2, 0.25) is 0 Å². The zero-order valence-electron chi connectivity index (χ0n) is 20.5. The van der Waals surface area contributed by atoms with Crippen LogP contribution in [0.5, 0.6) is 11.5 Å². The molecular formula is C27H38N2O3. The number of hydrogen-bond acceptors (Lipinski definition) is 4. The zero-order valence-corrected chi connectivity index (χ0v) is 20.5. The van der Waals surface area contributed by atoms with Crippen LogP contribution in [0.25, 0.3) is 12.2 Å². The SMILES string of the molecule is CCCN(CCC)CCC(=O)Nc1cc(/C=C\c2cc(C)c(C)c(OC)c2)ccc1OC. The maximum atomic E-state index is 12.6. The van der Waals surface area contributed by atoms with Gasteiger partial charge >= 0.3 is 0 Å². The van der Waals surface area contributed by atoms with Crippen LogP contribution in [0.15, 0.2) is 30.3 Å². The standard InChI is InChI=1S/C27H38N2O3/c1-7-14-29(15-8-2)16-13-27(30)28-24-18-22(11-12-25(24)31-5)9-10-23-17-20(3)21(4)26(19-23)32-6/h9-12,17-19H,7-8,13-16H2,1-6H3,(H,28,30)/b10-9-. The molecule has 0 saturated heterocycles. The van der Waals surface area contributed by atoms with E-state index in [0.717, 1.165) is 54.9 Å². The van der Waals surface area contributed by atoms with Gasteiger partial charge in [-0.05, 0) is 80.2 Å². The highest BCUT2D eigenvalue weighted by molar-refractivity contribution is 5.93. The fourth-order valence-corrected chi connectivity index (χ4v) is 3.72. The van der Waals surface area contributed by atoms with E-state index in [1.165, 1.54) is 5.56 Å². The molecule has 2 aromatic rings. The van der Waals surface area contributed by atoms with E-state index in [2.05, 4.69) is 50.1 Å². The van der Waals surface area contributed by atoms with Gasteiger partial charge in [0.15, 0.2) is 0 Å². The molecule has 5 heteroatoms. The fourth-order valence-electron chi connectivity index (χ4n) is 3.72. The van der Waals surface area contributed by atoms with Crippen LogP contribution in [-0.2, 0) is 4.79 Å². The summed E-state index contributed by atoms with van der Waals surface area (Å²) in [4.78, 5) is 14.9. The summed E-state index contributed by atoms with van der Waals surface area (Å²) in [5.41, 5.74) is 5.08. The molecule has 1 N–H and O–H groups in total.